The summed E-state index contributed by atoms with van der Waals surface area (Å²) in [7, 11) is 0. The molecular weight excluding hydrogens is 412 g/mol. The quantitative estimate of drug-likeness (QED) is 0.323. The van der Waals surface area contributed by atoms with Gasteiger partial charge in [0.2, 0.25) is 0 Å². The van der Waals surface area contributed by atoms with Gasteiger partial charge in [-0.1, -0.05) is 48.5 Å². The van der Waals surface area contributed by atoms with Crippen molar-refractivity contribution in [2.75, 3.05) is 13.1 Å². The average Bonchev–Trinajstić information content (AvgIpc) is 3.66. The predicted molar refractivity (Wildman–Crippen MR) is 128 cm³/mol. The van der Waals surface area contributed by atoms with Crippen molar-refractivity contribution in [3.8, 4) is 33.6 Å². The van der Waals surface area contributed by atoms with E-state index in [0.29, 0.717) is 6.04 Å². The summed E-state index contributed by atoms with van der Waals surface area (Å²) in [6, 6.07) is 17.3. The van der Waals surface area contributed by atoms with E-state index in [1.165, 1.54) is 17.5 Å². The van der Waals surface area contributed by atoms with E-state index in [-0.39, 0.29) is 12.1 Å². The van der Waals surface area contributed by atoms with Crippen molar-refractivity contribution in [3.05, 3.63) is 72.6 Å². The summed E-state index contributed by atoms with van der Waals surface area (Å²) in [4.78, 5) is 15.9. The maximum absolute atomic E-state index is 10.1. The van der Waals surface area contributed by atoms with Gasteiger partial charge in [0.25, 0.3) is 0 Å². The number of hydrogen-bond donors (Lipinski definition) is 5. The highest BCUT2D eigenvalue weighted by atomic mass is 16.3. The molecule has 2 fully saturated rings. The first kappa shape index (κ1) is 20.4. The van der Waals surface area contributed by atoms with Crippen LogP contribution in [0.3, 0.4) is 0 Å². The molecule has 0 unspecified atom stereocenters. The van der Waals surface area contributed by atoms with Gasteiger partial charge < -0.3 is 25.7 Å². The van der Waals surface area contributed by atoms with E-state index in [4.69, 9.17) is 0 Å². The third-order valence-corrected chi connectivity index (χ3v) is 6.79. The minimum atomic E-state index is -0.387. The summed E-state index contributed by atoms with van der Waals surface area (Å²) in [6.45, 7) is 1.88. The summed E-state index contributed by atoms with van der Waals surface area (Å²) in [5, 5.41) is 16.9. The molecule has 2 aromatic heterocycles. The zero-order valence-corrected chi connectivity index (χ0v) is 18.4. The Balaban J connectivity index is 1.17. The number of H-pyrrole nitrogens is 2. The zero-order valence-electron chi connectivity index (χ0n) is 18.4. The average molecular weight is 441 g/mol. The molecule has 3 atom stereocenters. The van der Waals surface area contributed by atoms with Crippen molar-refractivity contribution < 1.29 is 5.11 Å². The van der Waals surface area contributed by atoms with Crippen molar-refractivity contribution in [3.63, 3.8) is 0 Å². The van der Waals surface area contributed by atoms with Crippen molar-refractivity contribution in [1.29, 1.82) is 0 Å². The van der Waals surface area contributed by atoms with Gasteiger partial charge in [0, 0.05) is 0 Å². The molecule has 168 valence electrons. The molecule has 0 bridgehead atoms. The lowest BCUT2D eigenvalue weighted by molar-refractivity contribution is 0.157. The van der Waals surface area contributed by atoms with E-state index in [1.807, 2.05) is 12.4 Å². The van der Waals surface area contributed by atoms with Crippen LogP contribution in [-0.4, -0.2) is 44.2 Å². The second-order valence-electron chi connectivity index (χ2n) is 8.96. The Kier molecular flexibility index (Phi) is 5.30. The lowest BCUT2D eigenvalue weighted by Gasteiger charge is -2.11. The minimum absolute atomic E-state index is 0.114. The second kappa shape index (κ2) is 8.59. The third kappa shape index (κ3) is 3.99. The first-order chi connectivity index (χ1) is 16.2. The molecule has 2 aliphatic heterocycles. The van der Waals surface area contributed by atoms with Crippen molar-refractivity contribution in [2.24, 2.45) is 0 Å². The van der Waals surface area contributed by atoms with Crippen LogP contribution in [0.25, 0.3) is 33.6 Å². The first-order valence-electron chi connectivity index (χ1n) is 11.7. The molecule has 7 nitrogen and oxygen atoms in total. The van der Waals surface area contributed by atoms with Crippen molar-refractivity contribution in [1.82, 2.24) is 30.6 Å². The van der Waals surface area contributed by atoms with E-state index in [0.717, 1.165) is 60.1 Å². The van der Waals surface area contributed by atoms with Gasteiger partial charge in [-0.3, -0.25) is 0 Å². The Labute approximate surface area is 192 Å². The van der Waals surface area contributed by atoms with Gasteiger partial charge in [0.05, 0.1) is 42.0 Å². The molecule has 2 saturated heterocycles. The van der Waals surface area contributed by atoms with E-state index in [9.17, 15) is 5.11 Å². The molecule has 0 aliphatic carbocycles. The number of benzene rings is 2. The maximum atomic E-state index is 10.1. The minimum Gasteiger partial charge on any atom is -0.391 e. The fourth-order valence-corrected chi connectivity index (χ4v) is 4.87. The molecule has 4 aromatic rings. The summed E-state index contributed by atoms with van der Waals surface area (Å²) >= 11 is 0. The molecule has 7 heteroatoms. The number of nitrogens with zero attached hydrogens (tertiary/aromatic N) is 2. The smallest absolute Gasteiger partial charge is 0.126 e. The maximum Gasteiger partial charge on any atom is 0.126 e. The lowest BCUT2D eigenvalue weighted by atomic mass is 10.0. The molecule has 5 N–H and O–H groups in total. The number of aromatic nitrogens is 4. The van der Waals surface area contributed by atoms with Crippen molar-refractivity contribution in [2.45, 2.75) is 37.5 Å². The monoisotopic (exact) mass is 440 g/mol. The van der Waals surface area contributed by atoms with E-state index in [2.05, 4.69) is 79.1 Å². The molecule has 4 heterocycles. The largest absolute Gasteiger partial charge is 0.391 e. The van der Waals surface area contributed by atoms with Gasteiger partial charge in [-0.05, 0) is 54.6 Å². The molecule has 0 spiro atoms. The lowest BCUT2D eigenvalue weighted by Crippen LogP contribution is -2.22. The molecule has 2 aromatic carbocycles. The predicted octanol–water partition coefficient (Wildman–Crippen LogP) is 3.95. The number of hydrogen-bond acceptors (Lipinski definition) is 5. The Morgan fingerprint density at radius 2 is 1.24 bits per heavy atom. The molecule has 0 radical (unpaired) electrons. The van der Waals surface area contributed by atoms with E-state index in [1.54, 1.807) is 0 Å². The second-order valence-corrected chi connectivity index (χ2v) is 8.96. The van der Waals surface area contributed by atoms with Crippen molar-refractivity contribution >= 4 is 0 Å². The van der Waals surface area contributed by atoms with E-state index < -0.39 is 0 Å². The highest BCUT2D eigenvalue weighted by molar-refractivity contribution is 5.71. The molecular formula is C26H28N6O. The summed E-state index contributed by atoms with van der Waals surface area (Å²) in [5.74, 6) is 1.82. The van der Waals surface area contributed by atoms with Crippen LogP contribution in [0.1, 0.15) is 43.0 Å². The molecule has 0 amide bonds. The highest BCUT2D eigenvalue weighted by Crippen LogP contribution is 2.29. The Morgan fingerprint density at radius 1 is 0.667 bits per heavy atom. The summed E-state index contributed by atoms with van der Waals surface area (Å²) in [5.41, 5.74) is 6.56. The molecule has 6 rings (SSSR count). The van der Waals surface area contributed by atoms with Crippen LogP contribution in [0, 0.1) is 0 Å². The van der Waals surface area contributed by atoms with Crippen LogP contribution in [0.15, 0.2) is 60.9 Å². The zero-order chi connectivity index (χ0) is 22.2. The van der Waals surface area contributed by atoms with Gasteiger partial charge >= 0.3 is 0 Å². The Morgan fingerprint density at radius 3 is 1.79 bits per heavy atom. The van der Waals surface area contributed by atoms with Crippen LogP contribution in [-0.2, 0) is 0 Å². The third-order valence-electron chi connectivity index (χ3n) is 6.79. The molecule has 0 saturated carbocycles. The Hall–Kier alpha value is -3.26. The number of aliphatic hydroxyl groups excluding tert-OH is 1. The van der Waals surface area contributed by atoms with Crippen LogP contribution in [0.5, 0.6) is 0 Å². The normalized spacial score (nSPS) is 22.8. The van der Waals surface area contributed by atoms with Crippen LogP contribution < -0.4 is 10.6 Å². The van der Waals surface area contributed by atoms with Gasteiger partial charge in [-0.15, -0.1) is 0 Å². The summed E-state index contributed by atoms with van der Waals surface area (Å²) in [6.07, 6.45) is 6.48. The molecule has 33 heavy (non-hydrogen) atoms. The number of aromatic amines is 2. The fourth-order valence-electron chi connectivity index (χ4n) is 4.87. The van der Waals surface area contributed by atoms with Gasteiger partial charge in [-0.2, -0.15) is 0 Å². The molecule has 2 aliphatic rings. The van der Waals surface area contributed by atoms with Crippen LogP contribution in [0.2, 0.25) is 0 Å². The fraction of sp³-hybridized carbons (Fsp3) is 0.308. The van der Waals surface area contributed by atoms with E-state index >= 15 is 0 Å². The van der Waals surface area contributed by atoms with Crippen LogP contribution in [0.4, 0.5) is 0 Å². The topological polar surface area (TPSA) is 102 Å². The van der Waals surface area contributed by atoms with Gasteiger partial charge in [0.1, 0.15) is 11.6 Å². The van der Waals surface area contributed by atoms with Crippen LogP contribution >= 0.6 is 0 Å². The number of rotatable bonds is 5. The summed E-state index contributed by atoms with van der Waals surface area (Å²) < 4.78 is 0. The SMILES string of the molecule is O[C@H]1CCN[C@@H]1c1ncc(-c2ccc(-c3ccc(-c4cnc([C@@H]5CCCN5)[nH]4)cc3)cc2)[nH]1. The standard InChI is InChI=1S/C26H28N6O/c33-23-11-13-28-24(23)26-30-15-22(32-26)19-9-5-17(6-10-19)16-3-7-18(8-4-16)21-14-29-25(31-21)20-2-1-12-27-20/h3-10,14-15,20,23-24,27-28,33H,1-2,11-13H2,(H,29,31)(H,30,32)/t20-,23-,24-/m0/s1. The number of aliphatic hydroxyl groups is 1. The Bertz CT molecular complexity index is 1220. The highest BCUT2D eigenvalue weighted by Gasteiger charge is 2.28. The van der Waals surface area contributed by atoms with Gasteiger partial charge in [-0.25, -0.2) is 9.97 Å². The first-order valence-corrected chi connectivity index (χ1v) is 11.7. The number of nitrogens with one attached hydrogen (secondary N) is 4. The number of imidazole rings is 2. The van der Waals surface area contributed by atoms with Gasteiger partial charge in [0.15, 0.2) is 0 Å².